The number of rotatable bonds is 6. The Balaban J connectivity index is 1.93. The van der Waals surface area contributed by atoms with E-state index in [1.165, 1.54) is 19.2 Å². The van der Waals surface area contributed by atoms with Crippen molar-refractivity contribution in [1.82, 2.24) is 5.32 Å². The Hall–Kier alpha value is -3.02. The lowest BCUT2D eigenvalue weighted by molar-refractivity contribution is -0.143. The molecule has 0 radical (unpaired) electrons. The van der Waals surface area contributed by atoms with E-state index < -0.39 is 18.1 Å². The number of methoxy groups -OCH3 is 1. The molecule has 2 N–H and O–H groups in total. The number of ether oxygens (including phenoxy) is 2. The van der Waals surface area contributed by atoms with Crippen molar-refractivity contribution in [3.8, 4) is 5.75 Å². The largest absolute Gasteiger partial charge is 0.508 e. The van der Waals surface area contributed by atoms with Crippen LogP contribution in [0.1, 0.15) is 16.7 Å². The van der Waals surface area contributed by atoms with Crippen molar-refractivity contribution in [3.05, 3.63) is 65.2 Å². The van der Waals surface area contributed by atoms with Crippen molar-refractivity contribution in [1.29, 1.82) is 0 Å². The zero-order valence-corrected chi connectivity index (χ0v) is 14.2. The predicted octanol–water partition coefficient (Wildman–Crippen LogP) is 2.71. The van der Waals surface area contributed by atoms with Crippen molar-refractivity contribution >= 4 is 12.1 Å². The SMILES string of the molecule is COC(=O)[C@H](Cc1ccc(O)cc1)NC(=O)OCc1ccc(C)cc1. The molecule has 0 saturated carbocycles. The maximum atomic E-state index is 12.0. The van der Waals surface area contributed by atoms with Gasteiger partial charge in [-0.2, -0.15) is 0 Å². The molecule has 0 fully saturated rings. The normalized spacial score (nSPS) is 11.4. The number of amides is 1. The summed E-state index contributed by atoms with van der Waals surface area (Å²) in [7, 11) is 1.26. The fourth-order valence-corrected chi connectivity index (χ4v) is 2.22. The second-order valence-electron chi connectivity index (χ2n) is 5.65. The van der Waals surface area contributed by atoms with Crippen LogP contribution in [0.3, 0.4) is 0 Å². The van der Waals surface area contributed by atoms with Crippen LogP contribution in [0, 0.1) is 6.92 Å². The third-order valence-electron chi connectivity index (χ3n) is 3.64. The molecule has 0 heterocycles. The molecule has 2 aromatic carbocycles. The standard InChI is InChI=1S/C19H21NO5/c1-13-3-5-15(6-4-13)12-25-19(23)20-17(18(22)24-2)11-14-7-9-16(21)10-8-14/h3-10,17,21H,11-12H2,1-2H3,(H,20,23)/t17-/m0/s1. The summed E-state index contributed by atoms with van der Waals surface area (Å²) in [5.41, 5.74) is 2.74. The van der Waals surface area contributed by atoms with E-state index in [1.54, 1.807) is 12.1 Å². The number of carbonyl (C=O) groups is 2. The first-order valence-electron chi connectivity index (χ1n) is 7.82. The lowest BCUT2D eigenvalue weighted by atomic mass is 10.1. The molecular weight excluding hydrogens is 322 g/mol. The Bertz CT molecular complexity index is 710. The van der Waals surface area contributed by atoms with E-state index in [0.717, 1.165) is 16.7 Å². The van der Waals surface area contributed by atoms with Crippen LogP contribution in [0.5, 0.6) is 5.75 Å². The first-order valence-corrected chi connectivity index (χ1v) is 7.82. The molecule has 2 aromatic rings. The molecule has 0 saturated heterocycles. The van der Waals surface area contributed by atoms with Gasteiger partial charge in [-0.1, -0.05) is 42.0 Å². The summed E-state index contributed by atoms with van der Waals surface area (Å²) in [5, 5.41) is 11.8. The number of hydrogen-bond donors (Lipinski definition) is 2. The van der Waals surface area contributed by atoms with Gasteiger partial charge in [0.05, 0.1) is 7.11 Å². The van der Waals surface area contributed by atoms with Gasteiger partial charge in [0.25, 0.3) is 0 Å². The van der Waals surface area contributed by atoms with Gasteiger partial charge in [0.1, 0.15) is 18.4 Å². The maximum Gasteiger partial charge on any atom is 0.408 e. The topological polar surface area (TPSA) is 84.9 Å². The second kappa shape index (κ2) is 8.73. The van der Waals surface area contributed by atoms with Gasteiger partial charge in [0, 0.05) is 6.42 Å². The van der Waals surface area contributed by atoms with Crippen LogP contribution in [-0.2, 0) is 27.3 Å². The number of alkyl carbamates (subject to hydrolysis) is 1. The summed E-state index contributed by atoms with van der Waals surface area (Å²) in [6.07, 6.45) is -0.471. The molecule has 6 nitrogen and oxygen atoms in total. The highest BCUT2D eigenvalue weighted by Gasteiger charge is 2.22. The highest BCUT2D eigenvalue weighted by molar-refractivity contribution is 5.81. The number of esters is 1. The molecule has 25 heavy (non-hydrogen) atoms. The maximum absolute atomic E-state index is 12.0. The Kier molecular flexibility index (Phi) is 6.39. The van der Waals surface area contributed by atoms with Crippen LogP contribution < -0.4 is 5.32 Å². The van der Waals surface area contributed by atoms with E-state index in [9.17, 15) is 14.7 Å². The average molecular weight is 343 g/mol. The van der Waals surface area contributed by atoms with Crippen LogP contribution in [0.2, 0.25) is 0 Å². The number of phenolic OH excluding ortho intramolecular Hbond substituents is 1. The molecule has 0 aliphatic carbocycles. The van der Waals surface area contributed by atoms with Gasteiger partial charge in [0.15, 0.2) is 0 Å². The highest BCUT2D eigenvalue weighted by Crippen LogP contribution is 2.12. The van der Waals surface area contributed by atoms with Gasteiger partial charge < -0.3 is 19.9 Å². The molecule has 0 unspecified atom stereocenters. The summed E-state index contributed by atoms with van der Waals surface area (Å²) >= 11 is 0. The number of carbonyl (C=O) groups excluding carboxylic acids is 2. The Labute approximate surface area is 146 Å². The minimum atomic E-state index is -0.875. The molecule has 6 heteroatoms. The predicted molar refractivity (Wildman–Crippen MR) is 92.1 cm³/mol. The van der Waals surface area contributed by atoms with Gasteiger partial charge in [-0.25, -0.2) is 9.59 Å². The summed E-state index contributed by atoms with van der Waals surface area (Å²) in [6, 6.07) is 13.1. The fourth-order valence-electron chi connectivity index (χ4n) is 2.22. The Morgan fingerprint density at radius 2 is 1.64 bits per heavy atom. The van der Waals surface area contributed by atoms with Crippen molar-refractivity contribution in [3.63, 3.8) is 0 Å². The smallest absolute Gasteiger partial charge is 0.408 e. The number of hydrogen-bond acceptors (Lipinski definition) is 5. The minimum Gasteiger partial charge on any atom is -0.508 e. The summed E-state index contributed by atoms with van der Waals surface area (Å²) < 4.78 is 9.88. The molecule has 2 rings (SSSR count). The second-order valence-corrected chi connectivity index (χ2v) is 5.65. The average Bonchev–Trinajstić information content (AvgIpc) is 2.62. The first-order chi connectivity index (χ1) is 12.0. The highest BCUT2D eigenvalue weighted by atomic mass is 16.6. The number of phenols is 1. The van der Waals surface area contributed by atoms with Gasteiger partial charge in [-0.3, -0.25) is 0 Å². The molecule has 0 aromatic heterocycles. The molecule has 132 valence electrons. The molecule has 1 amide bonds. The van der Waals surface area contributed by atoms with Gasteiger partial charge in [-0.15, -0.1) is 0 Å². The zero-order valence-electron chi connectivity index (χ0n) is 14.2. The van der Waals surface area contributed by atoms with Crippen molar-refractivity contribution < 1.29 is 24.2 Å². The Morgan fingerprint density at radius 1 is 1.04 bits per heavy atom. The summed E-state index contributed by atoms with van der Waals surface area (Å²) in [4.78, 5) is 23.9. The molecule has 1 atom stereocenters. The molecule has 0 spiro atoms. The van der Waals surface area contributed by atoms with E-state index in [-0.39, 0.29) is 18.8 Å². The fraction of sp³-hybridized carbons (Fsp3) is 0.263. The van der Waals surface area contributed by atoms with Gasteiger partial charge in [-0.05, 0) is 30.2 Å². The molecule has 0 bridgehead atoms. The first kappa shape index (κ1) is 18.3. The van der Waals surface area contributed by atoms with E-state index in [1.807, 2.05) is 31.2 Å². The van der Waals surface area contributed by atoms with Crippen LogP contribution in [0.25, 0.3) is 0 Å². The van der Waals surface area contributed by atoms with Crippen molar-refractivity contribution in [2.75, 3.05) is 7.11 Å². The third kappa shape index (κ3) is 5.84. The van der Waals surface area contributed by atoms with Crippen LogP contribution in [0.15, 0.2) is 48.5 Å². The Morgan fingerprint density at radius 3 is 2.24 bits per heavy atom. The van der Waals surface area contributed by atoms with Gasteiger partial charge >= 0.3 is 12.1 Å². The third-order valence-corrected chi connectivity index (χ3v) is 3.64. The number of aromatic hydroxyl groups is 1. The number of aryl methyl sites for hydroxylation is 1. The minimum absolute atomic E-state index is 0.110. The van der Waals surface area contributed by atoms with E-state index >= 15 is 0 Å². The molecular formula is C19H21NO5. The summed E-state index contributed by atoms with van der Waals surface area (Å²) in [6.45, 7) is 2.08. The van der Waals surface area contributed by atoms with Crippen LogP contribution >= 0.6 is 0 Å². The number of benzene rings is 2. The van der Waals surface area contributed by atoms with Crippen molar-refractivity contribution in [2.45, 2.75) is 26.0 Å². The lowest BCUT2D eigenvalue weighted by Gasteiger charge is -2.16. The van der Waals surface area contributed by atoms with E-state index in [0.29, 0.717) is 0 Å². The molecule has 0 aliphatic rings. The van der Waals surface area contributed by atoms with Crippen LogP contribution in [0.4, 0.5) is 4.79 Å². The van der Waals surface area contributed by atoms with E-state index in [2.05, 4.69) is 5.32 Å². The lowest BCUT2D eigenvalue weighted by Crippen LogP contribution is -2.43. The quantitative estimate of drug-likeness (QED) is 0.788. The van der Waals surface area contributed by atoms with E-state index in [4.69, 9.17) is 9.47 Å². The number of nitrogens with one attached hydrogen (secondary N) is 1. The van der Waals surface area contributed by atoms with Crippen LogP contribution in [-0.4, -0.2) is 30.3 Å². The van der Waals surface area contributed by atoms with Crippen molar-refractivity contribution in [2.24, 2.45) is 0 Å². The molecule has 0 aliphatic heterocycles. The van der Waals surface area contributed by atoms with Gasteiger partial charge in [0.2, 0.25) is 0 Å². The summed E-state index contributed by atoms with van der Waals surface area (Å²) in [5.74, 6) is -0.441. The zero-order chi connectivity index (χ0) is 18.2. The monoisotopic (exact) mass is 343 g/mol.